The second kappa shape index (κ2) is 3.48. The van der Waals surface area contributed by atoms with Crippen LogP contribution in [0.15, 0.2) is 24.9 Å². The van der Waals surface area contributed by atoms with E-state index in [0.717, 1.165) is 5.56 Å². The minimum atomic E-state index is -0.475. The largest absolute Gasteiger partial charge is 0.254 e. The highest BCUT2D eigenvalue weighted by Crippen LogP contribution is 2.17. The Bertz CT molecular complexity index is 292. The van der Waals surface area contributed by atoms with Gasteiger partial charge in [-0.25, -0.2) is 4.39 Å². The van der Waals surface area contributed by atoms with Gasteiger partial charge in [-0.05, 0) is 23.6 Å². The number of rotatable bonds is 2. The van der Waals surface area contributed by atoms with Crippen molar-refractivity contribution >= 4 is 5.83 Å². The molecule has 2 heteroatoms. The van der Waals surface area contributed by atoms with Crippen LogP contribution in [0.3, 0.4) is 0 Å². The highest BCUT2D eigenvalue weighted by atomic mass is 19.1. The summed E-state index contributed by atoms with van der Waals surface area (Å²) in [5.74, 6) is -0.0800. The molecule has 0 aliphatic carbocycles. The molecule has 0 radical (unpaired) electrons. The van der Waals surface area contributed by atoms with Gasteiger partial charge in [0.25, 0.3) is 0 Å². The van der Waals surface area contributed by atoms with E-state index in [1.807, 2.05) is 6.07 Å². The quantitative estimate of drug-likeness (QED) is 0.656. The van der Waals surface area contributed by atoms with Crippen molar-refractivity contribution in [2.75, 3.05) is 0 Å². The van der Waals surface area contributed by atoms with Crippen LogP contribution in [0.4, 0.5) is 4.39 Å². The summed E-state index contributed by atoms with van der Waals surface area (Å²) >= 11 is 0. The van der Waals surface area contributed by atoms with Crippen molar-refractivity contribution in [1.82, 2.24) is 4.98 Å². The first-order valence-electron chi connectivity index (χ1n) is 3.92. The second-order valence-electron chi connectivity index (χ2n) is 3.03. The summed E-state index contributed by atoms with van der Waals surface area (Å²) in [6, 6.07) is 3.62. The minimum Gasteiger partial charge on any atom is -0.254 e. The average molecular weight is 165 g/mol. The second-order valence-corrected chi connectivity index (χ2v) is 3.03. The Kier molecular flexibility index (Phi) is 2.58. The predicted octanol–water partition coefficient (Wildman–Crippen LogP) is 3.15. The molecule has 0 aliphatic heterocycles. The zero-order valence-electron chi connectivity index (χ0n) is 7.34. The molecule has 1 rings (SSSR count). The lowest BCUT2D eigenvalue weighted by Gasteiger charge is -2.05. The molecule has 0 atom stereocenters. The van der Waals surface area contributed by atoms with Crippen molar-refractivity contribution in [2.45, 2.75) is 19.8 Å². The molecule has 0 unspecified atom stereocenters. The average Bonchev–Trinajstić information content (AvgIpc) is 2.04. The molecule has 0 saturated carbocycles. The third-order valence-electron chi connectivity index (χ3n) is 1.73. The lowest BCUT2D eigenvalue weighted by Crippen LogP contribution is -1.91. The van der Waals surface area contributed by atoms with Gasteiger partial charge in [-0.1, -0.05) is 20.4 Å². The lowest BCUT2D eigenvalue weighted by molar-refractivity contribution is 0.753. The normalized spacial score (nSPS) is 10.3. The van der Waals surface area contributed by atoms with E-state index in [2.05, 4.69) is 25.4 Å². The molecule has 1 aromatic rings. The number of halogens is 1. The number of hydrogen-bond donors (Lipinski definition) is 0. The van der Waals surface area contributed by atoms with Crippen molar-refractivity contribution in [3.05, 3.63) is 36.2 Å². The zero-order valence-corrected chi connectivity index (χ0v) is 7.34. The van der Waals surface area contributed by atoms with Gasteiger partial charge in [0.15, 0.2) is 0 Å². The van der Waals surface area contributed by atoms with Crippen molar-refractivity contribution in [3.8, 4) is 0 Å². The Morgan fingerprint density at radius 1 is 1.58 bits per heavy atom. The molecule has 64 valence electrons. The highest BCUT2D eigenvalue weighted by molar-refractivity contribution is 5.53. The van der Waals surface area contributed by atoms with Crippen LogP contribution in [0, 0.1) is 0 Å². The van der Waals surface area contributed by atoms with E-state index in [0.29, 0.717) is 11.6 Å². The molecule has 0 spiro atoms. The highest BCUT2D eigenvalue weighted by Gasteiger charge is 2.02. The van der Waals surface area contributed by atoms with E-state index >= 15 is 0 Å². The summed E-state index contributed by atoms with van der Waals surface area (Å²) in [6.07, 6.45) is 1.61. The maximum absolute atomic E-state index is 12.6. The molecule has 0 saturated heterocycles. The predicted molar refractivity (Wildman–Crippen MR) is 48.5 cm³/mol. The van der Waals surface area contributed by atoms with E-state index in [1.165, 1.54) is 0 Å². The van der Waals surface area contributed by atoms with Crippen molar-refractivity contribution in [1.29, 1.82) is 0 Å². The summed E-state index contributed by atoms with van der Waals surface area (Å²) in [5, 5.41) is 0. The van der Waals surface area contributed by atoms with Crippen LogP contribution < -0.4 is 0 Å². The summed E-state index contributed by atoms with van der Waals surface area (Å²) in [5.41, 5.74) is 1.42. The number of aromatic nitrogens is 1. The fourth-order valence-corrected chi connectivity index (χ4v) is 0.954. The Balaban J connectivity index is 3.04. The van der Waals surface area contributed by atoms with Crippen LogP contribution in [-0.4, -0.2) is 4.98 Å². The van der Waals surface area contributed by atoms with Crippen LogP contribution in [-0.2, 0) is 0 Å². The number of nitrogens with zero attached hydrogens (tertiary/aromatic N) is 1. The molecule has 0 amide bonds. The summed E-state index contributed by atoms with van der Waals surface area (Å²) < 4.78 is 12.6. The third kappa shape index (κ3) is 1.91. The number of pyridine rings is 1. The molecule has 12 heavy (non-hydrogen) atoms. The van der Waals surface area contributed by atoms with Gasteiger partial charge < -0.3 is 0 Å². The van der Waals surface area contributed by atoms with E-state index in [9.17, 15) is 4.39 Å². The van der Waals surface area contributed by atoms with Gasteiger partial charge in [0, 0.05) is 6.20 Å². The van der Waals surface area contributed by atoms with E-state index < -0.39 is 5.83 Å². The Morgan fingerprint density at radius 3 is 2.75 bits per heavy atom. The van der Waals surface area contributed by atoms with Crippen LogP contribution in [0.5, 0.6) is 0 Å². The van der Waals surface area contributed by atoms with Crippen LogP contribution >= 0.6 is 0 Å². The minimum absolute atomic E-state index is 0.334. The molecular weight excluding hydrogens is 153 g/mol. The van der Waals surface area contributed by atoms with Gasteiger partial charge >= 0.3 is 0 Å². The Labute approximate surface area is 72.0 Å². The molecule has 1 aromatic heterocycles. The van der Waals surface area contributed by atoms with Gasteiger partial charge in [-0.15, -0.1) is 0 Å². The zero-order chi connectivity index (χ0) is 9.14. The molecular formula is C10H12FN. The molecule has 1 nitrogen and oxygen atoms in total. The van der Waals surface area contributed by atoms with Crippen molar-refractivity contribution in [2.24, 2.45) is 0 Å². The van der Waals surface area contributed by atoms with Gasteiger partial charge in [-0.3, -0.25) is 4.98 Å². The first kappa shape index (κ1) is 8.91. The van der Waals surface area contributed by atoms with Crippen LogP contribution in [0.1, 0.15) is 31.0 Å². The van der Waals surface area contributed by atoms with Gasteiger partial charge in [0.05, 0.1) is 5.69 Å². The van der Waals surface area contributed by atoms with Crippen molar-refractivity contribution < 1.29 is 4.39 Å². The number of hydrogen-bond acceptors (Lipinski definition) is 1. The fourth-order valence-electron chi connectivity index (χ4n) is 0.954. The van der Waals surface area contributed by atoms with Crippen molar-refractivity contribution in [3.63, 3.8) is 0 Å². The monoisotopic (exact) mass is 165 g/mol. The SMILES string of the molecule is C=C(F)c1cc(C(C)C)ccn1. The van der Waals surface area contributed by atoms with Crippen LogP contribution in [0.25, 0.3) is 5.83 Å². The standard InChI is InChI=1S/C10H12FN/c1-7(2)9-4-5-12-10(6-9)8(3)11/h4-7H,3H2,1-2H3. The van der Waals surface area contributed by atoms with Crippen LogP contribution in [0.2, 0.25) is 0 Å². The summed E-state index contributed by atoms with van der Waals surface area (Å²) in [4.78, 5) is 3.85. The van der Waals surface area contributed by atoms with E-state index in [4.69, 9.17) is 0 Å². The van der Waals surface area contributed by atoms with E-state index in [1.54, 1.807) is 12.3 Å². The lowest BCUT2D eigenvalue weighted by atomic mass is 10.0. The summed E-state index contributed by atoms with van der Waals surface area (Å²) in [7, 11) is 0. The summed E-state index contributed by atoms with van der Waals surface area (Å²) in [6.45, 7) is 7.31. The van der Waals surface area contributed by atoms with Gasteiger partial charge in [0.1, 0.15) is 5.83 Å². The first-order chi connectivity index (χ1) is 5.61. The third-order valence-corrected chi connectivity index (χ3v) is 1.73. The molecule has 0 N–H and O–H groups in total. The smallest absolute Gasteiger partial charge is 0.141 e. The maximum atomic E-state index is 12.6. The van der Waals surface area contributed by atoms with Gasteiger partial charge in [0.2, 0.25) is 0 Å². The Morgan fingerprint density at radius 2 is 2.25 bits per heavy atom. The first-order valence-corrected chi connectivity index (χ1v) is 3.92. The topological polar surface area (TPSA) is 12.9 Å². The molecule has 0 fully saturated rings. The molecule has 0 aromatic carbocycles. The molecule has 0 bridgehead atoms. The van der Waals surface area contributed by atoms with E-state index in [-0.39, 0.29) is 0 Å². The van der Waals surface area contributed by atoms with Gasteiger partial charge in [-0.2, -0.15) is 0 Å². The molecule has 1 heterocycles. The fraction of sp³-hybridized carbons (Fsp3) is 0.300. The Hall–Kier alpha value is -1.18. The molecule has 0 aliphatic rings. The maximum Gasteiger partial charge on any atom is 0.141 e.